The number of anilines is 1. The number of carbonyl (C=O) groups excluding carboxylic acids is 2. The summed E-state index contributed by atoms with van der Waals surface area (Å²) < 4.78 is 10.4. The molecule has 2 aromatic rings. The van der Waals surface area contributed by atoms with E-state index in [9.17, 15) is 9.59 Å². The summed E-state index contributed by atoms with van der Waals surface area (Å²) in [5, 5.41) is 2.65. The van der Waals surface area contributed by atoms with Gasteiger partial charge in [0.2, 0.25) is 0 Å². The zero-order valence-corrected chi connectivity index (χ0v) is 13.2. The van der Waals surface area contributed by atoms with Crippen LogP contribution in [-0.4, -0.2) is 42.2 Å². The average molecular weight is 328 g/mol. The lowest BCUT2D eigenvalue weighted by Crippen LogP contribution is -2.32. The molecule has 0 radical (unpaired) electrons. The highest BCUT2D eigenvalue weighted by atomic mass is 16.5. The van der Waals surface area contributed by atoms with Gasteiger partial charge in [0.1, 0.15) is 23.4 Å². The van der Waals surface area contributed by atoms with Crippen LogP contribution in [0, 0.1) is 0 Å². The smallest absolute Gasteiger partial charge is 0.329 e. The molecule has 1 atom stereocenters. The third-order valence-corrected chi connectivity index (χ3v) is 3.62. The van der Waals surface area contributed by atoms with E-state index in [1.54, 1.807) is 36.7 Å². The Balaban J connectivity index is 1.87. The van der Waals surface area contributed by atoms with Crippen molar-refractivity contribution in [2.24, 2.45) is 0 Å². The van der Waals surface area contributed by atoms with Crippen LogP contribution >= 0.6 is 0 Å². The first-order valence-corrected chi connectivity index (χ1v) is 7.26. The second-order valence-corrected chi connectivity index (χ2v) is 5.12. The molecule has 2 heterocycles. The Morgan fingerprint density at radius 3 is 2.29 bits per heavy atom. The molecule has 124 valence electrons. The van der Waals surface area contributed by atoms with Gasteiger partial charge in [0.15, 0.2) is 0 Å². The number of amides is 3. The first-order chi connectivity index (χ1) is 11.6. The number of rotatable bonds is 5. The van der Waals surface area contributed by atoms with Crippen LogP contribution in [0.3, 0.4) is 0 Å². The van der Waals surface area contributed by atoms with Crippen molar-refractivity contribution in [3.8, 4) is 11.5 Å². The van der Waals surface area contributed by atoms with Gasteiger partial charge >= 0.3 is 6.03 Å². The van der Waals surface area contributed by atoms with Gasteiger partial charge in [0, 0.05) is 37.0 Å². The zero-order chi connectivity index (χ0) is 17.1. The zero-order valence-electron chi connectivity index (χ0n) is 13.2. The van der Waals surface area contributed by atoms with Gasteiger partial charge in [-0.05, 0) is 6.07 Å². The van der Waals surface area contributed by atoms with Crippen LogP contribution in [0.2, 0.25) is 0 Å². The van der Waals surface area contributed by atoms with E-state index in [0.29, 0.717) is 23.0 Å². The average Bonchev–Trinajstić information content (AvgIpc) is 2.88. The largest absolute Gasteiger partial charge is 0.497 e. The van der Waals surface area contributed by atoms with Crippen LogP contribution in [0.4, 0.5) is 10.5 Å². The summed E-state index contributed by atoms with van der Waals surface area (Å²) in [7, 11) is 3.00. The summed E-state index contributed by atoms with van der Waals surface area (Å²) >= 11 is 0. The van der Waals surface area contributed by atoms with E-state index in [1.165, 1.54) is 14.2 Å². The van der Waals surface area contributed by atoms with Crippen LogP contribution in [0.1, 0.15) is 5.82 Å². The summed E-state index contributed by atoms with van der Waals surface area (Å²) in [6.07, 6.45) is 3.41. The topological polar surface area (TPSA) is 93.7 Å². The minimum Gasteiger partial charge on any atom is -0.497 e. The minimum absolute atomic E-state index is 0.225. The highest BCUT2D eigenvalue weighted by Gasteiger charge is 2.39. The molecule has 8 nitrogen and oxygen atoms in total. The van der Waals surface area contributed by atoms with Crippen molar-refractivity contribution in [3.63, 3.8) is 0 Å². The van der Waals surface area contributed by atoms with Crippen molar-refractivity contribution in [2.75, 3.05) is 19.1 Å². The Morgan fingerprint density at radius 1 is 1.08 bits per heavy atom. The van der Waals surface area contributed by atoms with Crippen molar-refractivity contribution in [1.82, 2.24) is 15.3 Å². The molecule has 1 aliphatic heterocycles. The normalized spacial score (nSPS) is 16.9. The van der Waals surface area contributed by atoms with E-state index in [-0.39, 0.29) is 12.3 Å². The van der Waals surface area contributed by atoms with E-state index in [2.05, 4.69) is 15.3 Å². The molecule has 8 heteroatoms. The van der Waals surface area contributed by atoms with Crippen molar-refractivity contribution < 1.29 is 19.1 Å². The number of carbonyl (C=O) groups is 2. The lowest BCUT2D eigenvalue weighted by Gasteiger charge is -2.15. The van der Waals surface area contributed by atoms with E-state index in [1.807, 2.05) is 0 Å². The monoisotopic (exact) mass is 328 g/mol. The van der Waals surface area contributed by atoms with Crippen LogP contribution in [0.5, 0.6) is 11.5 Å². The predicted molar refractivity (Wildman–Crippen MR) is 85.1 cm³/mol. The van der Waals surface area contributed by atoms with E-state index in [4.69, 9.17) is 9.47 Å². The van der Waals surface area contributed by atoms with Crippen molar-refractivity contribution in [3.05, 3.63) is 42.5 Å². The number of hydrogen-bond acceptors (Lipinski definition) is 6. The molecule has 1 aliphatic rings. The van der Waals surface area contributed by atoms with Gasteiger partial charge in [-0.15, -0.1) is 0 Å². The number of ether oxygens (including phenoxy) is 2. The summed E-state index contributed by atoms with van der Waals surface area (Å²) in [6, 6.07) is 5.33. The molecule has 3 amide bonds. The SMILES string of the molecule is COc1cc(OC)cc(N2C(=O)NC(Cc3ncccn3)C2=O)c1. The third-order valence-electron chi connectivity index (χ3n) is 3.62. The summed E-state index contributed by atoms with van der Waals surface area (Å²) in [6.45, 7) is 0. The first kappa shape index (κ1) is 15.7. The molecule has 3 rings (SSSR count). The van der Waals surface area contributed by atoms with Crippen LogP contribution in [-0.2, 0) is 11.2 Å². The van der Waals surface area contributed by atoms with Crippen molar-refractivity contribution >= 4 is 17.6 Å². The molecule has 0 saturated carbocycles. The maximum absolute atomic E-state index is 12.6. The molecule has 1 aromatic carbocycles. The number of benzene rings is 1. The van der Waals surface area contributed by atoms with Gasteiger partial charge in [-0.25, -0.2) is 19.7 Å². The van der Waals surface area contributed by atoms with Gasteiger partial charge in [0.25, 0.3) is 5.91 Å². The van der Waals surface area contributed by atoms with Crippen molar-refractivity contribution in [1.29, 1.82) is 0 Å². The molecule has 1 unspecified atom stereocenters. The number of nitrogens with one attached hydrogen (secondary N) is 1. The lowest BCUT2D eigenvalue weighted by molar-refractivity contribution is -0.118. The third kappa shape index (κ3) is 2.98. The molecule has 1 saturated heterocycles. The van der Waals surface area contributed by atoms with Crippen LogP contribution in [0.15, 0.2) is 36.7 Å². The summed E-state index contributed by atoms with van der Waals surface area (Å²) in [4.78, 5) is 34.1. The molecule has 0 aliphatic carbocycles. The highest BCUT2D eigenvalue weighted by Crippen LogP contribution is 2.30. The molecular formula is C16H16N4O4. The molecule has 1 fully saturated rings. The van der Waals surface area contributed by atoms with E-state index < -0.39 is 12.1 Å². The Morgan fingerprint density at radius 2 is 1.71 bits per heavy atom. The molecule has 0 bridgehead atoms. The number of urea groups is 1. The van der Waals surface area contributed by atoms with Crippen molar-refractivity contribution in [2.45, 2.75) is 12.5 Å². The first-order valence-electron chi connectivity index (χ1n) is 7.26. The minimum atomic E-state index is -0.711. The maximum Gasteiger partial charge on any atom is 0.329 e. The summed E-state index contributed by atoms with van der Waals surface area (Å²) in [5.74, 6) is 1.09. The number of hydrogen-bond donors (Lipinski definition) is 1. The van der Waals surface area contributed by atoms with E-state index >= 15 is 0 Å². The van der Waals surface area contributed by atoms with E-state index in [0.717, 1.165) is 4.90 Å². The Kier molecular flexibility index (Phi) is 4.28. The fourth-order valence-corrected chi connectivity index (χ4v) is 2.45. The summed E-state index contributed by atoms with van der Waals surface area (Å²) in [5.41, 5.74) is 0.380. The Labute approximate surface area is 138 Å². The fraction of sp³-hybridized carbons (Fsp3) is 0.250. The molecule has 24 heavy (non-hydrogen) atoms. The number of imide groups is 1. The Bertz CT molecular complexity index is 744. The predicted octanol–water partition coefficient (Wildman–Crippen LogP) is 1.16. The standard InChI is InChI=1S/C16H16N4O4/c1-23-11-6-10(7-12(8-11)24-2)20-15(21)13(19-16(20)22)9-14-17-4-3-5-18-14/h3-8,13H,9H2,1-2H3,(H,19,22). The van der Waals surface area contributed by atoms with Gasteiger partial charge in [-0.2, -0.15) is 0 Å². The molecule has 1 N–H and O–H groups in total. The van der Waals surface area contributed by atoms with Gasteiger partial charge in [0.05, 0.1) is 19.9 Å². The second kappa shape index (κ2) is 6.53. The molecule has 1 aromatic heterocycles. The maximum atomic E-state index is 12.6. The molecule has 0 spiro atoms. The fourth-order valence-electron chi connectivity index (χ4n) is 2.45. The molecular weight excluding hydrogens is 312 g/mol. The van der Waals surface area contributed by atoms with Gasteiger partial charge < -0.3 is 14.8 Å². The number of aromatic nitrogens is 2. The van der Waals surface area contributed by atoms with Gasteiger partial charge in [-0.3, -0.25) is 4.79 Å². The Hall–Kier alpha value is -3.16. The highest BCUT2D eigenvalue weighted by molar-refractivity contribution is 6.21. The lowest BCUT2D eigenvalue weighted by atomic mass is 10.2. The van der Waals surface area contributed by atoms with Crippen LogP contribution in [0.25, 0.3) is 0 Å². The second-order valence-electron chi connectivity index (χ2n) is 5.12. The number of methoxy groups -OCH3 is 2. The number of nitrogens with zero attached hydrogens (tertiary/aromatic N) is 3. The van der Waals surface area contributed by atoms with Gasteiger partial charge in [-0.1, -0.05) is 0 Å². The quantitative estimate of drug-likeness (QED) is 0.828. The van der Waals surface area contributed by atoms with Crippen LogP contribution < -0.4 is 19.7 Å².